The number of nitrogens with zero attached hydrogens (tertiary/aromatic N) is 2. The van der Waals surface area contributed by atoms with E-state index >= 15 is 0 Å². The maximum atomic E-state index is 10.6. The van der Waals surface area contributed by atoms with E-state index in [0.717, 1.165) is 18.0 Å². The molecule has 1 atom stereocenters. The highest BCUT2D eigenvalue weighted by Gasteiger charge is 2.27. The van der Waals surface area contributed by atoms with Gasteiger partial charge in [-0.1, -0.05) is 6.07 Å². The van der Waals surface area contributed by atoms with E-state index in [-0.39, 0.29) is 30.5 Å². The van der Waals surface area contributed by atoms with Crippen LogP contribution in [0, 0.1) is 6.92 Å². The van der Waals surface area contributed by atoms with Crippen molar-refractivity contribution in [3.63, 3.8) is 0 Å². The van der Waals surface area contributed by atoms with Crippen molar-refractivity contribution in [3.05, 3.63) is 53.7 Å². The molecule has 0 fully saturated rings. The summed E-state index contributed by atoms with van der Waals surface area (Å²) in [5, 5.41) is 16.8. The number of aliphatic imine (C=N–C) groups is 1. The lowest BCUT2D eigenvalue weighted by molar-refractivity contribution is 0.0378. The Hall–Kier alpha value is -1.61. The van der Waals surface area contributed by atoms with Gasteiger partial charge in [0.1, 0.15) is 17.1 Å². The van der Waals surface area contributed by atoms with Crippen molar-refractivity contribution in [1.82, 2.24) is 15.6 Å². The first-order valence-corrected chi connectivity index (χ1v) is 7.72. The van der Waals surface area contributed by atoms with Crippen LogP contribution in [0.2, 0.25) is 0 Å². The van der Waals surface area contributed by atoms with Gasteiger partial charge >= 0.3 is 0 Å². The van der Waals surface area contributed by atoms with Gasteiger partial charge in [0.2, 0.25) is 0 Å². The Kier molecular flexibility index (Phi) is 8.20. The molecular weight excluding hydrogens is 419 g/mol. The molecule has 0 saturated carbocycles. The third-order valence-electron chi connectivity index (χ3n) is 3.34. The number of nitrogens with one attached hydrogen (secondary N) is 2. The summed E-state index contributed by atoms with van der Waals surface area (Å²) in [6.07, 6.45) is 1.75. The molecular formula is C17H25IN4O2. The van der Waals surface area contributed by atoms with Gasteiger partial charge in [0, 0.05) is 12.7 Å². The molecule has 0 aliphatic carbocycles. The molecule has 0 aliphatic rings. The zero-order valence-electron chi connectivity index (χ0n) is 14.2. The first kappa shape index (κ1) is 20.4. The van der Waals surface area contributed by atoms with Gasteiger partial charge in [-0.3, -0.25) is 4.98 Å². The molecule has 1 unspecified atom stereocenters. The number of hydrogen-bond donors (Lipinski definition) is 3. The second-order valence-corrected chi connectivity index (χ2v) is 5.55. The summed E-state index contributed by atoms with van der Waals surface area (Å²) in [4.78, 5) is 8.72. The summed E-state index contributed by atoms with van der Waals surface area (Å²) >= 11 is 0. The van der Waals surface area contributed by atoms with Gasteiger partial charge < -0.3 is 20.2 Å². The molecule has 0 saturated heterocycles. The number of hydrogen-bond acceptors (Lipinski definition) is 4. The van der Waals surface area contributed by atoms with E-state index in [1.54, 1.807) is 19.2 Å². The molecule has 6 nitrogen and oxygen atoms in total. The van der Waals surface area contributed by atoms with E-state index in [0.29, 0.717) is 18.3 Å². The molecule has 2 rings (SSSR count). The summed E-state index contributed by atoms with van der Waals surface area (Å²) in [6, 6.07) is 9.36. The van der Waals surface area contributed by atoms with E-state index in [2.05, 4.69) is 20.6 Å². The molecule has 0 aromatic carbocycles. The highest BCUT2D eigenvalue weighted by molar-refractivity contribution is 14.0. The van der Waals surface area contributed by atoms with Gasteiger partial charge in [0.05, 0.1) is 18.8 Å². The summed E-state index contributed by atoms with van der Waals surface area (Å²) in [5.41, 5.74) is -0.228. The molecule has 2 aromatic heterocycles. The standard InChI is InChI=1S/C17H24N4O2.HI/c1-4-18-16(20-11-14-7-5-6-10-19-14)21-12-17(3,22)15-9-8-13(2)23-15;/h5-10,22H,4,11-12H2,1-3H3,(H2,18,20,21);1H. The molecule has 0 amide bonds. The number of pyridine rings is 1. The number of aromatic nitrogens is 1. The number of guanidine groups is 1. The number of furan rings is 1. The van der Waals surface area contributed by atoms with Crippen LogP contribution in [0.25, 0.3) is 0 Å². The topological polar surface area (TPSA) is 82.7 Å². The smallest absolute Gasteiger partial charge is 0.191 e. The van der Waals surface area contributed by atoms with E-state index < -0.39 is 5.60 Å². The lowest BCUT2D eigenvalue weighted by Crippen LogP contribution is -2.44. The molecule has 0 bridgehead atoms. The molecule has 132 valence electrons. The summed E-state index contributed by atoms with van der Waals surface area (Å²) in [5.74, 6) is 1.93. The normalized spacial score (nSPS) is 13.8. The summed E-state index contributed by atoms with van der Waals surface area (Å²) < 4.78 is 5.51. The van der Waals surface area contributed by atoms with Gasteiger partial charge in [0.15, 0.2) is 5.96 Å². The van der Waals surface area contributed by atoms with Crippen LogP contribution in [0.4, 0.5) is 0 Å². The minimum Gasteiger partial charge on any atom is -0.463 e. The van der Waals surface area contributed by atoms with E-state index in [4.69, 9.17) is 4.42 Å². The Morgan fingerprint density at radius 2 is 2.08 bits per heavy atom. The predicted molar refractivity (Wildman–Crippen MR) is 105 cm³/mol. The average Bonchev–Trinajstić information content (AvgIpc) is 2.98. The fourth-order valence-electron chi connectivity index (χ4n) is 2.06. The zero-order chi connectivity index (χ0) is 16.7. The number of aliphatic hydroxyl groups is 1. The van der Waals surface area contributed by atoms with Crippen molar-refractivity contribution in [2.75, 3.05) is 13.1 Å². The third kappa shape index (κ3) is 6.12. The summed E-state index contributed by atoms with van der Waals surface area (Å²) in [6.45, 7) is 7.04. The van der Waals surface area contributed by atoms with Crippen molar-refractivity contribution in [1.29, 1.82) is 0 Å². The maximum absolute atomic E-state index is 10.6. The SMILES string of the molecule is CCNC(=NCc1ccccn1)NCC(C)(O)c1ccc(C)o1.I. The fourth-order valence-corrected chi connectivity index (χ4v) is 2.06. The van der Waals surface area contributed by atoms with Crippen LogP contribution in [0.3, 0.4) is 0 Å². The van der Waals surface area contributed by atoms with Gasteiger partial charge in [-0.2, -0.15) is 0 Å². The van der Waals surface area contributed by atoms with Crippen LogP contribution in [-0.4, -0.2) is 29.1 Å². The third-order valence-corrected chi connectivity index (χ3v) is 3.34. The zero-order valence-corrected chi connectivity index (χ0v) is 16.6. The Morgan fingerprint density at radius 3 is 2.67 bits per heavy atom. The number of rotatable bonds is 6. The Labute approximate surface area is 159 Å². The van der Waals surface area contributed by atoms with E-state index in [9.17, 15) is 5.11 Å². The minimum absolute atomic E-state index is 0. The summed E-state index contributed by atoms with van der Waals surface area (Å²) in [7, 11) is 0. The van der Waals surface area contributed by atoms with Crippen LogP contribution in [0.1, 0.15) is 31.1 Å². The second kappa shape index (κ2) is 9.63. The molecule has 2 aromatic rings. The first-order chi connectivity index (χ1) is 11.0. The highest BCUT2D eigenvalue weighted by Crippen LogP contribution is 2.21. The minimum atomic E-state index is -1.12. The quantitative estimate of drug-likeness (QED) is 0.363. The van der Waals surface area contributed by atoms with Crippen molar-refractivity contribution in [3.8, 4) is 0 Å². The molecule has 0 aliphatic heterocycles. The lowest BCUT2D eigenvalue weighted by atomic mass is 10.0. The van der Waals surface area contributed by atoms with Gasteiger partial charge in [-0.25, -0.2) is 4.99 Å². The van der Waals surface area contributed by atoms with Crippen molar-refractivity contribution >= 4 is 29.9 Å². The molecule has 0 spiro atoms. The van der Waals surface area contributed by atoms with Gasteiger partial charge in [0.25, 0.3) is 0 Å². The first-order valence-electron chi connectivity index (χ1n) is 7.72. The highest BCUT2D eigenvalue weighted by atomic mass is 127. The van der Waals surface area contributed by atoms with E-state index in [1.807, 2.05) is 38.1 Å². The lowest BCUT2D eigenvalue weighted by Gasteiger charge is -2.22. The second-order valence-electron chi connectivity index (χ2n) is 5.55. The molecule has 0 radical (unpaired) electrons. The molecule has 24 heavy (non-hydrogen) atoms. The van der Waals surface area contributed by atoms with Crippen LogP contribution in [0.5, 0.6) is 0 Å². The van der Waals surface area contributed by atoms with Crippen molar-refractivity contribution in [2.45, 2.75) is 32.9 Å². The number of aryl methyl sites for hydroxylation is 1. The number of halogens is 1. The Morgan fingerprint density at radius 1 is 1.29 bits per heavy atom. The predicted octanol–water partition coefficient (Wildman–Crippen LogP) is 2.56. The van der Waals surface area contributed by atoms with Crippen LogP contribution in [-0.2, 0) is 12.1 Å². The largest absolute Gasteiger partial charge is 0.463 e. The Bertz CT molecular complexity index is 641. The van der Waals surface area contributed by atoms with Gasteiger partial charge in [-0.05, 0) is 45.0 Å². The van der Waals surface area contributed by atoms with Crippen molar-refractivity contribution < 1.29 is 9.52 Å². The van der Waals surface area contributed by atoms with Crippen LogP contribution >= 0.6 is 24.0 Å². The van der Waals surface area contributed by atoms with Crippen LogP contribution in [0.15, 0.2) is 45.9 Å². The van der Waals surface area contributed by atoms with Gasteiger partial charge in [-0.15, -0.1) is 24.0 Å². The monoisotopic (exact) mass is 444 g/mol. The fraction of sp³-hybridized carbons (Fsp3) is 0.412. The van der Waals surface area contributed by atoms with Crippen molar-refractivity contribution in [2.24, 2.45) is 4.99 Å². The molecule has 7 heteroatoms. The maximum Gasteiger partial charge on any atom is 0.191 e. The molecule has 3 N–H and O–H groups in total. The average molecular weight is 444 g/mol. The molecule has 2 heterocycles. The van der Waals surface area contributed by atoms with E-state index in [1.165, 1.54) is 0 Å². The van der Waals surface area contributed by atoms with Crippen LogP contribution < -0.4 is 10.6 Å². The Balaban J connectivity index is 0.00000288.